The lowest BCUT2D eigenvalue weighted by Gasteiger charge is -2.23. The second-order valence-electron chi connectivity index (χ2n) is 4.93. The first-order valence-corrected chi connectivity index (χ1v) is 6.66. The quantitative estimate of drug-likeness (QED) is 0.921. The monoisotopic (exact) mass is 275 g/mol. The SMILES string of the molecule is CC(C)NCc1nnc(C2COc3ccccc3O2)o1. The summed E-state index contributed by atoms with van der Waals surface area (Å²) in [6.45, 7) is 5.05. The summed E-state index contributed by atoms with van der Waals surface area (Å²) in [6, 6.07) is 7.91. The molecule has 1 aromatic carbocycles. The molecule has 2 aromatic rings. The second kappa shape index (κ2) is 5.50. The topological polar surface area (TPSA) is 69.4 Å². The van der Waals surface area contributed by atoms with Crippen LogP contribution in [0.2, 0.25) is 0 Å². The van der Waals surface area contributed by atoms with Gasteiger partial charge < -0.3 is 19.2 Å². The molecular weight excluding hydrogens is 258 g/mol. The summed E-state index contributed by atoms with van der Waals surface area (Å²) in [5, 5.41) is 11.3. The number of benzene rings is 1. The van der Waals surface area contributed by atoms with Crippen molar-refractivity contribution in [3.05, 3.63) is 36.0 Å². The third-order valence-electron chi connectivity index (χ3n) is 2.93. The van der Waals surface area contributed by atoms with Gasteiger partial charge in [0.2, 0.25) is 12.0 Å². The Balaban J connectivity index is 1.69. The van der Waals surface area contributed by atoms with Crippen LogP contribution in [0, 0.1) is 0 Å². The van der Waals surface area contributed by atoms with Crippen molar-refractivity contribution in [3.8, 4) is 11.5 Å². The van der Waals surface area contributed by atoms with Crippen molar-refractivity contribution in [1.82, 2.24) is 15.5 Å². The molecule has 1 unspecified atom stereocenters. The zero-order chi connectivity index (χ0) is 13.9. The molecule has 0 aliphatic carbocycles. The molecule has 1 aromatic heterocycles. The number of aromatic nitrogens is 2. The van der Waals surface area contributed by atoms with Crippen LogP contribution in [0.5, 0.6) is 11.5 Å². The van der Waals surface area contributed by atoms with Crippen LogP contribution in [0.4, 0.5) is 0 Å². The Morgan fingerprint density at radius 2 is 2.05 bits per heavy atom. The number of para-hydroxylation sites is 2. The minimum Gasteiger partial charge on any atom is -0.485 e. The Labute approximate surface area is 117 Å². The highest BCUT2D eigenvalue weighted by Crippen LogP contribution is 2.35. The van der Waals surface area contributed by atoms with Crippen LogP contribution in [-0.4, -0.2) is 22.8 Å². The first-order chi connectivity index (χ1) is 9.72. The molecule has 1 atom stereocenters. The van der Waals surface area contributed by atoms with Gasteiger partial charge in [-0.3, -0.25) is 0 Å². The van der Waals surface area contributed by atoms with Crippen LogP contribution in [0.1, 0.15) is 31.7 Å². The van der Waals surface area contributed by atoms with E-state index >= 15 is 0 Å². The lowest BCUT2D eigenvalue weighted by Crippen LogP contribution is -2.22. The van der Waals surface area contributed by atoms with Gasteiger partial charge >= 0.3 is 0 Å². The Bertz CT molecular complexity index is 583. The van der Waals surface area contributed by atoms with E-state index in [4.69, 9.17) is 13.9 Å². The predicted octanol–water partition coefficient (Wildman–Crippen LogP) is 2.08. The van der Waals surface area contributed by atoms with Crippen molar-refractivity contribution >= 4 is 0 Å². The minimum absolute atomic E-state index is 0.356. The molecule has 1 aliphatic heterocycles. The highest BCUT2D eigenvalue weighted by Gasteiger charge is 2.27. The highest BCUT2D eigenvalue weighted by molar-refractivity contribution is 5.40. The Hall–Kier alpha value is -2.08. The Morgan fingerprint density at radius 3 is 2.85 bits per heavy atom. The van der Waals surface area contributed by atoms with Gasteiger partial charge in [-0.05, 0) is 12.1 Å². The number of nitrogens with one attached hydrogen (secondary N) is 1. The minimum atomic E-state index is -0.356. The number of hydrogen-bond acceptors (Lipinski definition) is 6. The van der Waals surface area contributed by atoms with Crippen LogP contribution in [0.3, 0.4) is 0 Å². The van der Waals surface area contributed by atoms with Crippen molar-refractivity contribution in [2.75, 3.05) is 6.61 Å². The normalized spacial score (nSPS) is 17.4. The van der Waals surface area contributed by atoms with Gasteiger partial charge in [0.1, 0.15) is 6.61 Å². The third-order valence-corrected chi connectivity index (χ3v) is 2.93. The lowest BCUT2D eigenvalue weighted by atomic mass is 10.2. The molecule has 20 heavy (non-hydrogen) atoms. The molecule has 6 nitrogen and oxygen atoms in total. The summed E-state index contributed by atoms with van der Waals surface area (Å²) in [4.78, 5) is 0. The van der Waals surface area contributed by atoms with Crippen molar-refractivity contribution < 1.29 is 13.9 Å². The van der Waals surface area contributed by atoms with Crippen molar-refractivity contribution in [1.29, 1.82) is 0 Å². The van der Waals surface area contributed by atoms with Gasteiger partial charge in [-0.15, -0.1) is 10.2 Å². The number of fused-ring (bicyclic) bond motifs is 1. The molecule has 0 spiro atoms. The van der Waals surface area contributed by atoms with Gasteiger partial charge in [0.15, 0.2) is 11.5 Å². The van der Waals surface area contributed by atoms with Gasteiger partial charge in [-0.25, -0.2) is 0 Å². The van der Waals surface area contributed by atoms with Crippen LogP contribution in [-0.2, 0) is 6.54 Å². The smallest absolute Gasteiger partial charge is 0.260 e. The maximum atomic E-state index is 5.82. The van der Waals surface area contributed by atoms with E-state index < -0.39 is 0 Å². The molecule has 0 fully saturated rings. The Kier molecular flexibility index (Phi) is 3.56. The largest absolute Gasteiger partial charge is 0.485 e. The highest BCUT2D eigenvalue weighted by atomic mass is 16.6. The Morgan fingerprint density at radius 1 is 1.25 bits per heavy atom. The third kappa shape index (κ3) is 2.75. The van der Waals surface area contributed by atoms with Crippen LogP contribution < -0.4 is 14.8 Å². The molecule has 0 saturated heterocycles. The van der Waals surface area contributed by atoms with E-state index in [1.165, 1.54) is 0 Å². The summed E-state index contributed by atoms with van der Waals surface area (Å²) < 4.78 is 17.0. The van der Waals surface area contributed by atoms with Gasteiger partial charge in [0.05, 0.1) is 6.54 Å². The molecule has 0 amide bonds. The van der Waals surface area contributed by atoms with E-state index in [1.54, 1.807) is 0 Å². The lowest BCUT2D eigenvalue weighted by molar-refractivity contribution is 0.0702. The zero-order valence-corrected chi connectivity index (χ0v) is 11.5. The maximum absolute atomic E-state index is 5.82. The zero-order valence-electron chi connectivity index (χ0n) is 11.5. The van der Waals surface area contributed by atoms with E-state index in [2.05, 4.69) is 29.4 Å². The van der Waals surface area contributed by atoms with Crippen LogP contribution in [0.25, 0.3) is 0 Å². The van der Waals surface area contributed by atoms with Gasteiger partial charge in [0.25, 0.3) is 5.89 Å². The van der Waals surface area contributed by atoms with Crippen molar-refractivity contribution in [2.24, 2.45) is 0 Å². The van der Waals surface area contributed by atoms with E-state index in [1.807, 2.05) is 24.3 Å². The molecular formula is C14H17N3O3. The molecule has 106 valence electrons. The predicted molar refractivity (Wildman–Crippen MR) is 71.6 cm³/mol. The van der Waals surface area contributed by atoms with E-state index in [9.17, 15) is 0 Å². The number of rotatable bonds is 4. The molecule has 1 N–H and O–H groups in total. The van der Waals surface area contributed by atoms with Crippen LogP contribution >= 0.6 is 0 Å². The number of hydrogen-bond donors (Lipinski definition) is 1. The molecule has 3 rings (SSSR count). The van der Waals surface area contributed by atoms with Crippen molar-refractivity contribution in [3.63, 3.8) is 0 Å². The summed E-state index contributed by atoms with van der Waals surface area (Å²) in [5.41, 5.74) is 0. The fourth-order valence-electron chi connectivity index (χ4n) is 1.90. The molecule has 1 aliphatic rings. The summed E-state index contributed by atoms with van der Waals surface area (Å²) >= 11 is 0. The fourth-order valence-corrected chi connectivity index (χ4v) is 1.90. The average Bonchev–Trinajstić information content (AvgIpc) is 2.93. The van der Waals surface area contributed by atoms with Crippen molar-refractivity contribution in [2.45, 2.75) is 32.5 Å². The van der Waals surface area contributed by atoms with Gasteiger partial charge in [0, 0.05) is 6.04 Å². The first kappa shape index (κ1) is 12.9. The molecule has 0 bridgehead atoms. The summed E-state index contributed by atoms with van der Waals surface area (Å²) in [6.07, 6.45) is -0.356. The first-order valence-electron chi connectivity index (χ1n) is 6.66. The summed E-state index contributed by atoms with van der Waals surface area (Å²) in [7, 11) is 0. The molecule has 2 heterocycles. The fraction of sp³-hybridized carbons (Fsp3) is 0.429. The second-order valence-corrected chi connectivity index (χ2v) is 4.93. The van der Waals surface area contributed by atoms with Gasteiger partial charge in [-0.1, -0.05) is 26.0 Å². The summed E-state index contributed by atoms with van der Waals surface area (Å²) in [5.74, 6) is 2.44. The molecule has 6 heteroatoms. The number of ether oxygens (including phenoxy) is 2. The van der Waals surface area contributed by atoms with E-state index in [0.29, 0.717) is 36.7 Å². The number of nitrogens with zero attached hydrogens (tertiary/aromatic N) is 2. The maximum Gasteiger partial charge on any atom is 0.260 e. The van der Waals surface area contributed by atoms with Gasteiger partial charge in [-0.2, -0.15) is 0 Å². The average molecular weight is 275 g/mol. The molecule has 0 saturated carbocycles. The standard InChI is InChI=1S/C14H17N3O3/c1-9(2)15-7-13-16-17-14(20-13)12-8-18-10-5-3-4-6-11(10)19-12/h3-6,9,12,15H,7-8H2,1-2H3. The van der Waals surface area contributed by atoms with E-state index in [-0.39, 0.29) is 6.10 Å². The van der Waals surface area contributed by atoms with E-state index in [0.717, 1.165) is 5.75 Å². The van der Waals surface area contributed by atoms with Crippen LogP contribution in [0.15, 0.2) is 28.7 Å². The molecule has 0 radical (unpaired) electrons.